The van der Waals surface area contributed by atoms with Gasteiger partial charge in [-0.3, -0.25) is 4.79 Å². The Bertz CT molecular complexity index is 954. The van der Waals surface area contributed by atoms with Crippen molar-refractivity contribution in [1.82, 2.24) is 4.98 Å². The minimum atomic E-state index is -0.783. The first-order chi connectivity index (χ1) is 11.5. The minimum Gasteiger partial charge on any atom is -0.481 e. The molecule has 1 aromatic carbocycles. The maximum atomic E-state index is 12.2. The average molecular weight is 345 g/mol. The number of halogens is 1. The molecule has 122 valence electrons. The number of pyridine rings is 1. The second-order valence-electron chi connectivity index (χ2n) is 5.05. The Hall–Kier alpha value is -2.86. The number of aromatic nitrogens is 1. The molecule has 0 bridgehead atoms. The van der Waals surface area contributed by atoms with E-state index >= 15 is 0 Å². The van der Waals surface area contributed by atoms with Crippen LogP contribution in [-0.4, -0.2) is 17.0 Å². The van der Waals surface area contributed by atoms with E-state index in [4.69, 9.17) is 20.8 Å². The van der Waals surface area contributed by atoms with Crippen LogP contribution in [0.4, 0.5) is 5.69 Å². The van der Waals surface area contributed by atoms with Gasteiger partial charge in [-0.1, -0.05) is 11.6 Å². The summed E-state index contributed by atoms with van der Waals surface area (Å²) >= 11 is 5.90. The summed E-state index contributed by atoms with van der Waals surface area (Å²) in [6.07, 6.45) is 0.745. The number of anilines is 1. The summed E-state index contributed by atoms with van der Waals surface area (Å²) in [7, 11) is 0. The lowest BCUT2D eigenvalue weighted by Gasteiger charge is -2.15. The molecular weight excluding hydrogens is 332 g/mol. The monoisotopic (exact) mass is 344 g/mol. The largest absolute Gasteiger partial charge is 0.481 e. The van der Waals surface area contributed by atoms with Gasteiger partial charge in [0.15, 0.2) is 11.3 Å². The van der Waals surface area contributed by atoms with Crippen molar-refractivity contribution >= 4 is 34.2 Å². The van der Waals surface area contributed by atoms with Crippen molar-refractivity contribution in [2.24, 2.45) is 0 Å². The van der Waals surface area contributed by atoms with E-state index in [1.807, 2.05) is 0 Å². The molecule has 0 saturated heterocycles. The molecule has 0 aliphatic heterocycles. The fourth-order valence-corrected chi connectivity index (χ4v) is 2.25. The van der Waals surface area contributed by atoms with Gasteiger partial charge in [0.1, 0.15) is 11.3 Å². The van der Waals surface area contributed by atoms with E-state index in [0.717, 1.165) is 5.39 Å². The fourth-order valence-electron chi connectivity index (χ4n) is 2.09. The number of hydrogen-bond donors (Lipinski definition) is 1. The topological polar surface area (TPSA) is 81.4 Å². The zero-order valence-electron chi connectivity index (χ0n) is 12.7. The van der Waals surface area contributed by atoms with Crippen LogP contribution in [0.1, 0.15) is 6.92 Å². The summed E-state index contributed by atoms with van der Waals surface area (Å²) in [6.45, 7) is 1.60. The highest BCUT2D eigenvalue weighted by Crippen LogP contribution is 2.21. The van der Waals surface area contributed by atoms with E-state index in [1.165, 1.54) is 12.3 Å². The number of benzene rings is 1. The lowest BCUT2D eigenvalue weighted by molar-refractivity contribution is -0.122. The fraction of sp³-hybridized carbons (Fsp3) is 0.118. The van der Waals surface area contributed by atoms with Crippen LogP contribution in [0.15, 0.2) is 57.9 Å². The molecule has 0 unspecified atom stereocenters. The van der Waals surface area contributed by atoms with Crippen LogP contribution < -0.4 is 15.7 Å². The van der Waals surface area contributed by atoms with Crippen LogP contribution in [0, 0.1) is 0 Å². The van der Waals surface area contributed by atoms with E-state index in [1.54, 1.807) is 43.3 Å². The van der Waals surface area contributed by atoms with E-state index < -0.39 is 11.7 Å². The van der Waals surface area contributed by atoms with Crippen molar-refractivity contribution in [1.29, 1.82) is 0 Å². The first-order valence-corrected chi connectivity index (χ1v) is 7.53. The lowest BCUT2D eigenvalue weighted by Crippen LogP contribution is -2.30. The lowest BCUT2D eigenvalue weighted by atomic mass is 10.2. The normalized spacial score (nSPS) is 11.9. The number of rotatable bonds is 4. The van der Waals surface area contributed by atoms with E-state index in [-0.39, 0.29) is 11.1 Å². The van der Waals surface area contributed by atoms with E-state index in [9.17, 15) is 9.59 Å². The minimum absolute atomic E-state index is 0.200. The van der Waals surface area contributed by atoms with Crippen molar-refractivity contribution < 1.29 is 13.9 Å². The standard InChI is InChI=1S/C17H13ClN2O4/c1-10(17(22)20-13-3-2-8-19-16(13)18)23-12-6-4-11-5-7-15(21)24-14(11)9-12/h2-10H,1H3,(H,20,22)/t10-/m0/s1. The maximum absolute atomic E-state index is 12.2. The highest BCUT2D eigenvalue weighted by molar-refractivity contribution is 6.32. The Morgan fingerprint density at radius 2 is 2.08 bits per heavy atom. The third-order valence-corrected chi connectivity index (χ3v) is 3.59. The number of nitrogens with one attached hydrogen (secondary N) is 1. The van der Waals surface area contributed by atoms with Crippen molar-refractivity contribution in [2.45, 2.75) is 13.0 Å². The number of fused-ring (bicyclic) bond motifs is 1. The molecule has 0 fully saturated rings. The Kier molecular flexibility index (Phi) is 4.48. The molecule has 3 aromatic rings. The quantitative estimate of drug-likeness (QED) is 0.580. The molecule has 1 N–H and O–H groups in total. The number of carbonyl (C=O) groups excluding carboxylic acids is 1. The number of hydrogen-bond acceptors (Lipinski definition) is 5. The smallest absolute Gasteiger partial charge is 0.336 e. The number of nitrogens with zero attached hydrogens (tertiary/aromatic N) is 1. The first-order valence-electron chi connectivity index (χ1n) is 7.15. The highest BCUT2D eigenvalue weighted by Gasteiger charge is 2.16. The predicted molar refractivity (Wildman–Crippen MR) is 90.5 cm³/mol. The van der Waals surface area contributed by atoms with Crippen molar-refractivity contribution in [2.75, 3.05) is 5.32 Å². The van der Waals surface area contributed by atoms with Crippen LogP contribution in [0.3, 0.4) is 0 Å². The molecule has 2 heterocycles. The molecule has 1 atom stereocenters. The summed E-state index contributed by atoms with van der Waals surface area (Å²) in [5.41, 5.74) is 0.351. The summed E-state index contributed by atoms with van der Waals surface area (Å²) in [4.78, 5) is 27.3. The van der Waals surface area contributed by atoms with E-state index in [0.29, 0.717) is 17.0 Å². The summed E-state index contributed by atoms with van der Waals surface area (Å²) in [5, 5.41) is 3.61. The van der Waals surface area contributed by atoms with Crippen molar-refractivity contribution in [3.8, 4) is 5.75 Å². The SMILES string of the molecule is C[C@H](Oc1ccc2ccc(=O)oc2c1)C(=O)Nc1cccnc1Cl. The zero-order valence-corrected chi connectivity index (χ0v) is 13.4. The van der Waals surface area contributed by atoms with Crippen LogP contribution in [0.25, 0.3) is 11.0 Å². The molecule has 3 rings (SSSR count). The Labute approximate surface area is 142 Å². The van der Waals surface area contributed by atoms with Gasteiger partial charge < -0.3 is 14.5 Å². The van der Waals surface area contributed by atoms with Gasteiger partial charge in [0, 0.05) is 23.7 Å². The Morgan fingerprint density at radius 3 is 2.88 bits per heavy atom. The molecule has 7 heteroatoms. The third kappa shape index (κ3) is 3.55. The Morgan fingerprint density at radius 1 is 1.29 bits per heavy atom. The Balaban J connectivity index is 1.74. The summed E-state index contributed by atoms with van der Waals surface area (Å²) < 4.78 is 10.7. The molecule has 0 aliphatic rings. The second kappa shape index (κ2) is 6.72. The van der Waals surface area contributed by atoms with Crippen LogP contribution in [0.2, 0.25) is 5.15 Å². The average Bonchev–Trinajstić information content (AvgIpc) is 2.56. The van der Waals surface area contributed by atoms with Gasteiger partial charge in [-0.2, -0.15) is 0 Å². The third-order valence-electron chi connectivity index (χ3n) is 3.29. The van der Waals surface area contributed by atoms with Gasteiger partial charge >= 0.3 is 5.63 Å². The van der Waals surface area contributed by atoms with Crippen molar-refractivity contribution in [3.63, 3.8) is 0 Å². The van der Waals surface area contributed by atoms with Crippen molar-refractivity contribution in [3.05, 3.63) is 64.2 Å². The van der Waals surface area contributed by atoms with Gasteiger partial charge in [-0.25, -0.2) is 9.78 Å². The molecule has 0 saturated carbocycles. The van der Waals surface area contributed by atoms with Gasteiger partial charge in [0.2, 0.25) is 0 Å². The predicted octanol–water partition coefficient (Wildman–Crippen LogP) is 3.25. The molecule has 1 amide bonds. The van der Waals surface area contributed by atoms with Gasteiger partial charge in [0.25, 0.3) is 5.91 Å². The van der Waals surface area contributed by atoms with Gasteiger partial charge in [0.05, 0.1) is 5.69 Å². The number of ether oxygens (including phenoxy) is 1. The molecule has 24 heavy (non-hydrogen) atoms. The highest BCUT2D eigenvalue weighted by atomic mass is 35.5. The molecule has 0 aliphatic carbocycles. The van der Waals surface area contributed by atoms with Gasteiger partial charge in [-0.05, 0) is 37.3 Å². The molecule has 0 radical (unpaired) electrons. The molecule has 0 spiro atoms. The number of amides is 1. The first kappa shape index (κ1) is 16.0. The maximum Gasteiger partial charge on any atom is 0.336 e. The molecule has 6 nitrogen and oxygen atoms in total. The van der Waals surface area contributed by atoms with Crippen LogP contribution in [0.5, 0.6) is 5.75 Å². The van der Waals surface area contributed by atoms with E-state index in [2.05, 4.69) is 10.3 Å². The molecule has 2 aromatic heterocycles. The zero-order chi connectivity index (χ0) is 17.1. The molecular formula is C17H13ClN2O4. The second-order valence-corrected chi connectivity index (χ2v) is 5.40. The van der Waals surface area contributed by atoms with Crippen LogP contribution in [-0.2, 0) is 4.79 Å². The summed E-state index contributed by atoms with van der Waals surface area (Å²) in [5.74, 6) is 0.0382. The number of carbonyl (C=O) groups is 1. The van der Waals surface area contributed by atoms with Gasteiger partial charge in [-0.15, -0.1) is 0 Å². The summed E-state index contributed by atoms with van der Waals surface area (Å²) in [6, 6.07) is 11.3. The van der Waals surface area contributed by atoms with Crippen LogP contribution >= 0.6 is 11.6 Å².